The van der Waals surface area contributed by atoms with E-state index in [0.29, 0.717) is 6.54 Å². The van der Waals surface area contributed by atoms with Crippen molar-refractivity contribution in [2.45, 2.75) is 25.7 Å². The highest BCUT2D eigenvalue weighted by Gasteiger charge is 2.39. The Hall–Kier alpha value is -1.31. The Kier molecular flexibility index (Phi) is 4.85. The van der Waals surface area contributed by atoms with E-state index in [9.17, 15) is 9.59 Å². The van der Waals surface area contributed by atoms with Crippen LogP contribution >= 0.6 is 22.6 Å². The summed E-state index contributed by atoms with van der Waals surface area (Å²) in [6.45, 7) is 0.412. The van der Waals surface area contributed by atoms with Crippen molar-refractivity contribution in [3.8, 4) is 0 Å². The molecule has 0 aliphatic heterocycles. The predicted molar refractivity (Wildman–Crippen MR) is 84.7 cm³/mol. The second kappa shape index (κ2) is 6.43. The maximum absolute atomic E-state index is 11.8. The molecule has 1 aliphatic rings. The first-order valence-corrected chi connectivity index (χ1v) is 7.59. The van der Waals surface area contributed by atoms with Crippen LogP contribution in [0, 0.1) is 8.99 Å². The largest absolute Gasteiger partial charge is 0.481 e. The summed E-state index contributed by atoms with van der Waals surface area (Å²) in [7, 11) is 0. The summed E-state index contributed by atoms with van der Waals surface area (Å²) in [6.07, 6.45) is 2.89. The molecule has 0 bridgehead atoms. The van der Waals surface area contributed by atoms with Crippen LogP contribution in [0.15, 0.2) is 24.3 Å². The summed E-state index contributed by atoms with van der Waals surface area (Å²) < 4.78 is 1.10. The number of carboxylic acid groups (broad SMARTS) is 1. The first-order chi connectivity index (χ1) is 9.49. The van der Waals surface area contributed by atoms with E-state index in [4.69, 9.17) is 5.11 Å². The fourth-order valence-electron chi connectivity index (χ4n) is 2.39. The molecule has 2 amide bonds. The number of amides is 2. The summed E-state index contributed by atoms with van der Waals surface area (Å²) in [5.41, 5.74) is 0.471. The lowest BCUT2D eigenvalue weighted by molar-refractivity contribution is -0.141. The number of hydrogen-bond donors (Lipinski definition) is 3. The van der Waals surface area contributed by atoms with Crippen LogP contribution < -0.4 is 10.6 Å². The number of carbonyl (C=O) groups excluding carboxylic acids is 1. The van der Waals surface area contributed by atoms with Crippen LogP contribution in [-0.2, 0) is 4.79 Å². The first kappa shape index (κ1) is 15.1. The van der Waals surface area contributed by atoms with Gasteiger partial charge in [0.05, 0.1) is 6.42 Å². The summed E-state index contributed by atoms with van der Waals surface area (Å²) >= 11 is 2.20. The van der Waals surface area contributed by atoms with Crippen LogP contribution in [0.4, 0.5) is 10.5 Å². The molecule has 0 spiro atoms. The number of hydrogen-bond acceptors (Lipinski definition) is 2. The van der Waals surface area contributed by atoms with Crippen molar-refractivity contribution in [3.63, 3.8) is 0 Å². The van der Waals surface area contributed by atoms with Crippen molar-refractivity contribution >= 4 is 40.3 Å². The molecule has 3 N–H and O–H groups in total. The molecule has 5 nitrogen and oxygen atoms in total. The van der Waals surface area contributed by atoms with Gasteiger partial charge in [-0.05, 0) is 65.1 Å². The fraction of sp³-hybridized carbons (Fsp3) is 0.429. The van der Waals surface area contributed by atoms with E-state index in [1.165, 1.54) is 0 Å². The lowest BCUT2D eigenvalue weighted by Gasteiger charge is -2.40. The molecule has 0 heterocycles. The van der Waals surface area contributed by atoms with E-state index < -0.39 is 5.97 Å². The van der Waals surface area contributed by atoms with Crippen LogP contribution in [-0.4, -0.2) is 23.7 Å². The maximum atomic E-state index is 11.8. The molecule has 1 aromatic carbocycles. The molecule has 0 aromatic heterocycles. The summed E-state index contributed by atoms with van der Waals surface area (Å²) in [6, 6.07) is 7.19. The normalized spacial score (nSPS) is 16.1. The quantitative estimate of drug-likeness (QED) is 0.679. The van der Waals surface area contributed by atoms with Gasteiger partial charge in [0.1, 0.15) is 0 Å². The van der Waals surface area contributed by atoms with Gasteiger partial charge in [-0.3, -0.25) is 4.79 Å². The highest BCUT2D eigenvalue weighted by Crippen LogP contribution is 2.43. The number of nitrogens with one attached hydrogen (secondary N) is 2. The molecular weight excluding hydrogens is 371 g/mol. The van der Waals surface area contributed by atoms with E-state index in [2.05, 4.69) is 33.2 Å². The number of carbonyl (C=O) groups is 2. The van der Waals surface area contributed by atoms with E-state index >= 15 is 0 Å². The number of rotatable bonds is 5. The van der Waals surface area contributed by atoms with Gasteiger partial charge >= 0.3 is 12.0 Å². The Morgan fingerprint density at radius 1 is 1.25 bits per heavy atom. The molecule has 6 heteroatoms. The maximum Gasteiger partial charge on any atom is 0.319 e. The number of urea groups is 1. The second-order valence-electron chi connectivity index (χ2n) is 5.24. The highest BCUT2D eigenvalue weighted by molar-refractivity contribution is 14.1. The third-order valence-corrected chi connectivity index (χ3v) is 4.39. The molecule has 0 atom stereocenters. The molecule has 20 heavy (non-hydrogen) atoms. The van der Waals surface area contributed by atoms with Gasteiger partial charge in [0.15, 0.2) is 0 Å². The number of anilines is 1. The molecule has 2 rings (SSSR count). The number of halogens is 1. The van der Waals surface area contributed by atoms with Crippen LogP contribution in [0.5, 0.6) is 0 Å². The van der Waals surface area contributed by atoms with Crippen LogP contribution in [0.1, 0.15) is 25.7 Å². The predicted octanol–water partition coefficient (Wildman–Crippen LogP) is 3.06. The van der Waals surface area contributed by atoms with Gasteiger partial charge in [0, 0.05) is 15.8 Å². The van der Waals surface area contributed by atoms with Crippen molar-refractivity contribution in [2.24, 2.45) is 5.41 Å². The zero-order valence-corrected chi connectivity index (χ0v) is 13.1. The van der Waals surface area contributed by atoms with Crippen LogP contribution in [0.3, 0.4) is 0 Å². The van der Waals surface area contributed by atoms with Crippen molar-refractivity contribution in [1.82, 2.24) is 5.32 Å². The Morgan fingerprint density at radius 3 is 2.40 bits per heavy atom. The molecule has 1 aliphatic carbocycles. The summed E-state index contributed by atoms with van der Waals surface area (Å²) in [5, 5.41) is 14.4. The van der Waals surface area contributed by atoms with Crippen LogP contribution in [0.2, 0.25) is 0 Å². The molecule has 108 valence electrons. The molecule has 0 unspecified atom stereocenters. The molecule has 1 saturated carbocycles. The van der Waals surface area contributed by atoms with Gasteiger partial charge in [-0.2, -0.15) is 0 Å². The Morgan fingerprint density at radius 2 is 1.90 bits per heavy atom. The molecule has 1 aromatic rings. The smallest absolute Gasteiger partial charge is 0.319 e. The van der Waals surface area contributed by atoms with Gasteiger partial charge in [0.2, 0.25) is 0 Å². The number of carboxylic acids is 1. The molecule has 0 saturated heterocycles. The molecule has 1 fully saturated rings. The minimum atomic E-state index is -0.801. The van der Waals surface area contributed by atoms with E-state index in [0.717, 1.165) is 28.5 Å². The van der Waals surface area contributed by atoms with Gasteiger partial charge in [-0.25, -0.2) is 4.79 Å². The monoisotopic (exact) mass is 388 g/mol. The lowest BCUT2D eigenvalue weighted by atomic mass is 9.66. The average molecular weight is 388 g/mol. The van der Waals surface area contributed by atoms with E-state index in [1.54, 1.807) is 0 Å². The minimum Gasteiger partial charge on any atom is -0.481 e. The second-order valence-corrected chi connectivity index (χ2v) is 6.48. The van der Waals surface area contributed by atoms with Crippen molar-refractivity contribution in [2.75, 3.05) is 11.9 Å². The van der Waals surface area contributed by atoms with E-state index in [-0.39, 0.29) is 17.9 Å². The van der Waals surface area contributed by atoms with Crippen molar-refractivity contribution < 1.29 is 14.7 Å². The van der Waals surface area contributed by atoms with Gasteiger partial charge < -0.3 is 15.7 Å². The van der Waals surface area contributed by atoms with E-state index in [1.807, 2.05) is 24.3 Å². The molecule has 0 radical (unpaired) electrons. The van der Waals surface area contributed by atoms with Crippen molar-refractivity contribution in [3.05, 3.63) is 27.8 Å². The lowest BCUT2D eigenvalue weighted by Crippen LogP contribution is -2.44. The standard InChI is InChI=1S/C14H17IN2O3/c15-10-2-4-11(5-3-10)17-13(20)16-9-14(6-1-7-14)8-12(18)19/h2-5H,1,6-9H2,(H,18,19)(H2,16,17,20). The third kappa shape index (κ3) is 4.09. The Labute approximate surface area is 131 Å². The topological polar surface area (TPSA) is 78.4 Å². The Bertz CT molecular complexity index is 498. The zero-order chi connectivity index (χ0) is 14.6. The fourth-order valence-corrected chi connectivity index (χ4v) is 2.75. The average Bonchev–Trinajstić information content (AvgIpc) is 2.35. The number of benzene rings is 1. The highest BCUT2D eigenvalue weighted by atomic mass is 127. The number of aliphatic carboxylic acids is 1. The molecular formula is C14H17IN2O3. The zero-order valence-electron chi connectivity index (χ0n) is 11.0. The van der Waals surface area contributed by atoms with Gasteiger partial charge in [-0.1, -0.05) is 6.42 Å². The SMILES string of the molecule is O=C(O)CC1(CNC(=O)Nc2ccc(I)cc2)CCC1. The van der Waals surface area contributed by atoms with Gasteiger partial charge in [-0.15, -0.1) is 0 Å². The van der Waals surface area contributed by atoms with Crippen LogP contribution in [0.25, 0.3) is 0 Å². The third-order valence-electron chi connectivity index (χ3n) is 3.67. The summed E-state index contributed by atoms with van der Waals surface area (Å²) in [5.74, 6) is -0.801. The first-order valence-electron chi connectivity index (χ1n) is 6.51. The van der Waals surface area contributed by atoms with Gasteiger partial charge in [0.25, 0.3) is 0 Å². The minimum absolute atomic E-state index is 0.122. The van der Waals surface area contributed by atoms with Crippen molar-refractivity contribution in [1.29, 1.82) is 0 Å². The summed E-state index contributed by atoms with van der Waals surface area (Å²) in [4.78, 5) is 22.6. The Balaban J connectivity index is 1.82.